The van der Waals surface area contributed by atoms with E-state index in [2.05, 4.69) is 0 Å². The van der Waals surface area contributed by atoms with E-state index >= 15 is 0 Å². The molecule has 1 aromatic rings. The lowest BCUT2D eigenvalue weighted by atomic mass is 10.3. The first-order valence-electron chi connectivity index (χ1n) is 3.14. The van der Waals surface area contributed by atoms with Crippen LogP contribution in [0.3, 0.4) is 0 Å². The van der Waals surface area contributed by atoms with Gasteiger partial charge in [-0.1, -0.05) is 18.2 Å². The molecule has 0 saturated heterocycles. The Morgan fingerprint density at radius 2 is 1.67 bits per heavy atom. The Morgan fingerprint density at radius 1 is 1.17 bits per heavy atom. The van der Waals surface area contributed by atoms with Crippen molar-refractivity contribution in [2.75, 3.05) is 4.41 Å². The minimum absolute atomic E-state index is 0.333. The van der Waals surface area contributed by atoms with Gasteiger partial charge in [0.2, 0.25) is 0 Å². The first kappa shape index (κ1) is 8.98. The van der Waals surface area contributed by atoms with Gasteiger partial charge < -0.3 is 0 Å². The Hall–Kier alpha value is -1.11. The molecule has 1 rings (SSSR count). The molecule has 0 spiro atoms. The van der Waals surface area contributed by atoms with Gasteiger partial charge in [0.25, 0.3) is 0 Å². The van der Waals surface area contributed by atoms with E-state index in [9.17, 15) is 8.42 Å². The molecule has 0 aliphatic rings. The van der Waals surface area contributed by atoms with Crippen molar-refractivity contribution in [1.29, 1.82) is 0 Å². The van der Waals surface area contributed by atoms with Crippen LogP contribution in [0.5, 0.6) is 0 Å². The molecule has 0 saturated carbocycles. The van der Waals surface area contributed by atoms with Crippen molar-refractivity contribution in [3.8, 4) is 0 Å². The van der Waals surface area contributed by atoms with Crippen molar-refractivity contribution in [1.82, 2.24) is 0 Å². The van der Waals surface area contributed by atoms with E-state index < -0.39 is 10.2 Å². The van der Waals surface area contributed by atoms with Gasteiger partial charge in [0, 0.05) is 0 Å². The molecule has 0 amide bonds. The monoisotopic (exact) mass is 187 g/mol. The summed E-state index contributed by atoms with van der Waals surface area (Å²) in [6.45, 7) is 0. The molecule has 0 unspecified atom stereocenters. The number of nitrogens with zero attached hydrogens (tertiary/aromatic N) is 1. The molecule has 0 bridgehead atoms. The van der Waals surface area contributed by atoms with E-state index in [1.807, 2.05) is 0 Å². The van der Waals surface area contributed by atoms with Crippen LogP contribution in [0.4, 0.5) is 5.69 Å². The number of anilines is 1. The summed E-state index contributed by atoms with van der Waals surface area (Å²) in [5.74, 6) is 5.19. The number of hydrogen-bond acceptors (Lipinski definition) is 3. The van der Waals surface area contributed by atoms with Gasteiger partial charge in [-0.3, -0.25) is 0 Å². The molecular formula is C6H9N3O2S. The van der Waals surface area contributed by atoms with Crippen LogP contribution in [-0.4, -0.2) is 8.42 Å². The lowest BCUT2D eigenvalue weighted by Gasteiger charge is -2.14. The summed E-state index contributed by atoms with van der Waals surface area (Å²) in [6, 6.07) is 8.18. The van der Waals surface area contributed by atoms with E-state index in [0.717, 1.165) is 0 Å². The van der Waals surface area contributed by atoms with Crippen LogP contribution in [0.1, 0.15) is 0 Å². The molecule has 1 aromatic carbocycles. The van der Waals surface area contributed by atoms with Crippen molar-refractivity contribution < 1.29 is 8.42 Å². The van der Waals surface area contributed by atoms with Crippen molar-refractivity contribution in [3.05, 3.63) is 30.3 Å². The highest BCUT2D eigenvalue weighted by Gasteiger charge is 2.11. The highest BCUT2D eigenvalue weighted by molar-refractivity contribution is 7.90. The fraction of sp³-hybridized carbons (Fsp3) is 0. The maximum Gasteiger partial charge on any atom is 0.312 e. The molecule has 5 nitrogen and oxygen atoms in total. The van der Waals surface area contributed by atoms with Gasteiger partial charge in [0.1, 0.15) is 0 Å². The minimum atomic E-state index is -3.84. The van der Waals surface area contributed by atoms with Crippen LogP contribution in [0.15, 0.2) is 30.3 Å². The number of hydrogen-bond donors (Lipinski definition) is 2. The topological polar surface area (TPSA) is 89.4 Å². The zero-order chi connectivity index (χ0) is 9.19. The summed E-state index contributed by atoms with van der Waals surface area (Å²) in [5, 5.41) is 4.78. The van der Waals surface area contributed by atoms with Crippen molar-refractivity contribution >= 4 is 15.9 Å². The Labute approximate surface area is 70.7 Å². The standard InChI is InChI=1S/C6H9N3O2S/c7-9(12(8,10)11)6-4-2-1-3-5-6/h1-5H,7H2,(H2,8,10,11). The predicted molar refractivity (Wildman–Crippen MR) is 46.2 cm³/mol. The third-order valence-corrected chi connectivity index (χ3v) is 2.04. The average molecular weight is 187 g/mol. The summed E-state index contributed by atoms with van der Waals surface area (Å²) < 4.78 is 21.9. The molecule has 0 aliphatic carbocycles. The number of nitrogens with two attached hydrogens (primary N) is 2. The number of benzene rings is 1. The first-order valence-corrected chi connectivity index (χ1v) is 4.65. The summed E-state index contributed by atoms with van der Waals surface area (Å²) in [7, 11) is -3.84. The predicted octanol–water partition coefficient (Wildman–Crippen LogP) is -0.430. The number of rotatable bonds is 2. The van der Waals surface area contributed by atoms with Crippen LogP contribution in [0.25, 0.3) is 0 Å². The van der Waals surface area contributed by atoms with Gasteiger partial charge >= 0.3 is 10.2 Å². The fourth-order valence-corrected chi connectivity index (χ4v) is 1.14. The first-order chi connectivity index (χ1) is 5.52. The van der Waals surface area contributed by atoms with Gasteiger partial charge in [0.05, 0.1) is 5.69 Å². The van der Waals surface area contributed by atoms with E-state index in [4.69, 9.17) is 11.0 Å². The highest BCUT2D eigenvalue weighted by atomic mass is 32.2. The average Bonchev–Trinajstić information content (AvgIpc) is 2.03. The lowest BCUT2D eigenvalue weighted by Crippen LogP contribution is -2.42. The zero-order valence-electron chi connectivity index (χ0n) is 6.21. The Balaban J connectivity index is 3.02. The second-order valence-electron chi connectivity index (χ2n) is 2.18. The smallest absolute Gasteiger partial charge is 0.232 e. The number of para-hydroxylation sites is 1. The molecule has 12 heavy (non-hydrogen) atoms. The third kappa shape index (κ3) is 1.94. The van der Waals surface area contributed by atoms with Crippen molar-refractivity contribution in [3.63, 3.8) is 0 Å². The second kappa shape index (κ2) is 3.10. The van der Waals surface area contributed by atoms with Crippen LogP contribution in [0, 0.1) is 0 Å². The van der Waals surface area contributed by atoms with E-state index in [0.29, 0.717) is 10.1 Å². The van der Waals surface area contributed by atoms with Crippen LogP contribution in [-0.2, 0) is 10.2 Å². The molecular weight excluding hydrogens is 178 g/mol. The number of hydrazine groups is 1. The molecule has 0 atom stereocenters. The summed E-state index contributed by atoms with van der Waals surface area (Å²) in [4.78, 5) is 0. The Morgan fingerprint density at radius 3 is 2.08 bits per heavy atom. The summed E-state index contributed by atoms with van der Waals surface area (Å²) >= 11 is 0. The lowest BCUT2D eigenvalue weighted by molar-refractivity contribution is 0.593. The molecule has 0 radical (unpaired) electrons. The van der Waals surface area contributed by atoms with Crippen LogP contribution in [0.2, 0.25) is 0 Å². The normalized spacial score (nSPS) is 11.2. The molecule has 0 heterocycles. The van der Waals surface area contributed by atoms with Gasteiger partial charge in [-0.2, -0.15) is 12.8 Å². The van der Waals surface area contributed by atoms with Crippen LogP contribution < -0.4 is 15.4 Å². The zero-order valence-corrected chi connectivity index (χ0v) is 7.03. The van der Waals surface area contributed by atoms with Gasteiger partial charge in [-0.25, -0.2) is 11.0 Å². The van der Waals surface area contributed by atoms with Crippen LogP contribution >= 0.6 is 0 Å². The maximum atomic E-state index is 10.7. The van der Waals surface area contributed by atoms with E-state index in [1.54, 1.807) is 30.3 Å². The van der Waals surface area contributed by atoms with E-state index in [-0.39, 0.29) is 0 Å². The third-order valence-electron chi connectivity index (χ3n) is 1.28. The Kier molecular flexibility index (Phi) is 2.32. The maximum absolute atomic E-state index is 10.7. The van der Waals surface area contributed by atoms with Crippen molar-refractivity contribution in [2.24, 2.45) is 11.0 Å². The Bertz CT molecular complexity index is 348. The molecule has 66 valence electrons. The quantitative estimate of drug-likeness (QED) is 0.486. The molecule has 0 aromatic heterocycles. The SMILES string of the molecule is NN(c1ccccc1)S(N)(=O)=O. The van der Waals surface area contributed by atoms with Gasteiger partial charge in [0.15, 0.2) is 0 Å². The molecule has 6 heteroatoms. The molecule has 0 aliphatic heterocycles. The fourth-order valence-electron chi connectivity index (χ4n) is 0.722. The largest absolute Gasteiger partial charge is 0.312 e. The molecule has 4 N–H and O–H groups in total. The second-order valence-corrected chi connectivity index (χ2v) is 3.60. The summed E-state index contributed by atoms with van der Waals surface area (Å²) in [5.41, 5.74) is 0.333. The van der Waals surface area contributed by atoms with Gasteiger partial charge in [-0.05, 0) is 12.1 Å². The van der Waals surface area contributed by atoms with E-state index in [1.165, 1.54) is 0 Å². The van der Waals surface area contributed by atoms with Gasteiger partial charge in [-0.15, -0.1) is 0 Å². The van der Waals surface area contributed by atoms with Crippen molar-refractivity contribution in [2.45, 2.75) is 0 Å². The summed E-state index contributed by atoms with van der Waals surface area (Å²) in [6.07, 6.45) is 0. The minimum Gasteiger partial charge on any atom is -0.232 e. The molecule has 0 fully saturated rings. The highest BCUT2D eigenvalue weighted by Crippen LogP contribution is 2.10.